The number of hydrogen-bond donors (Lipinski definition) is 0. The number of hydrogen-bond acceptors (Lipinski definition) is 0. The van der Waals surface area contributed by atoms with E-state index in [0.29, 0.717) is 0 Å². The first-order valence-electron chi connectivity index (χ1n) is 5.69. The molecule has 0 heterocycles. The van der Waals surface area contributed by atoms with Gasteiger partial charge in [-0.3, -0.25) is 0 Å². The molecule has 0 atom stereocenters. The molecule has 0 aromatic carbocycles. The van der Waals surface area contributed by atoms with Gasteiger partial charge in [0.1, 0.15) is 0 Å². The Bertz CT molecular complexity index is 139. The highest BCUT2D eigenvalue weighted by atomic mass is 14.1. The Morgan fingerprint density at radius 2 is 1.23 bits per heavy atom. The second-order valence-corrected chi connectivity index (χ2v) is 4.16. The summed E-state index contributed by atoms with van der Waals surface area (Å²) in [5.41, 5.74) is 0. The Hall–Kier alpha value is -0.520. The minimum Gasteiger partial charge on any atom is -0.0844 e. The van der Waals surface area contributed by atoms with E-state index in [-0.39, 0.29) is 0 Å². The Balaban J connectivity index is 0.000000132. The molecule has 0 aromatic rings. The van der Waals surface area contributed by atoms with Crippen molar-refractivity contribution in [1.82, 2.24) is 0 Å². The van der Waals surface area contributed by atoms with Gasteiger partial charge < -0.3 is 0 Å². The lowest BCUT2D eigenvalue weighted by molar-refractivity contribution is 0.385. The van der Waals surface area contributed by atoms with Crippen LogP contribution in [0.3, 0.4) is 0 Å². The fraction of sp³-hybridized carbons (Fsp3) is 0.692. The summed E-state index contributed by atoms with van der Waals surface area (Å²) in [5, 5.41) is 0. The maximum atomic E-state index is 2.36. The van der Waals surface area contributed by atoms with Crippen LogP contribution in [0.25, 0.3) is 0 Å². The van der Waals surface area contributed by atoms with E-state index >= 15 is 0 Å². The van der Waals surface area contributed by atoms with E-state index in [0.717, 1.165) is 18.8 Å². The number of allylic oxidation sites excluding steroid dienone is 4. The van der Waals surface area contributed by atoms with Crippen molar-refractivity contribution >= 4 is 0 Å². The fourth-order valence-corrected chi connectivity index (χ4v) is 1.85. The van der Waals surface area contributed by atoms with E-state index in [1.54, 1.807) is 0 Å². The second-order valence-electron chi connectivity index (χ2n) is 4.16. The third-order valence-electron chi connectivity index (χ3n) is 2.77. The lowest BCUT2D eigenvalue weighted by Crippen LogP contribution is -1.99. The summed E-state index contributed by atoms with van der Waals surface area (Å²) in [4.78, 5) is 0. The first kappa shape index (κ1) is 10.6. The molecule has 1 saturated carbocycles. The van der Waals surface area contributed by atoms with Crippen LogP contribution in [0.4, 0.5) is 0 Å². The maximum Gasteiger partial charge on any atom is -0.0169 e. The summed E-state index contributed by atoms with van der Waals surface area (Å²) in [5.74, 6) is 1.04. The average Bonchev–Trinajstić information content (AvgIpc) is 2.22. The van der Waals surface area contributed by atoms with Crippen molar-refractivity contribution in [3.8, 4) is 0 Å². The monoisotopic (exact) mass is 178 g/mol. The van der Waals surface area contributed by atoms with Gasteiger partial charge in [0.15, 0.2) is 0 Å². The highest BCUT2D eigenvalue weighted by Crippen LogP contribution is 2.22. The second kappa shape index (κ2) is 6.94. The molecule has 0 N–H and O–H groups in total. The van der Waals surface area contributed by atoms with E-state index in [2.05, 4.69) is 31.2 Å². The number of rotatable bonds is 0. The summed E-state index contributed by atoms with van der Waals surface area (Å²) < 4.78 is 0. The zero-order valence-corrected chi connectivity index (χ0v) is 8.84. The molecule has 0 radical (unpaired) electrons. The van der Waals surface area contributed by atoms with Crippen LogP contribution in [0.15, 0.2) is 24.3 Å². The minimum absolute atomic E-state index is 1.04. The molecule has 0 aliphatic heterocycles. The Labute approximate surface area is 82.7 Å². The Morgan fingerprint density at radius 3 is 1.46 bits per heavy atom. The zero-order valence-electron chi connectivity index (χ0n) is 8.84. The van der Waals surface area contributed by atoms with Gasteiger partial charge in [0.25, 0.3) is 0 Å². The fourth-order valence-electron chi connectivity index (χ4n) is 1.85. The molecule has 2 rings (SSSR count). The van der Waals surface area contributed by atoms with Crippen LogP contribution < -0.4 is 0 Å². The van der Waals surface area contributed by atoms with Gasteiger partial charge in [-0.15, -0.1) is 0 Å². The first-order valence-corrected chi connectivity index (χ1v) is 5.69. The third kappa shape index (κ3) is 5.68. The molecule has 13 heavy (non-hydrogen) atoms. The molecule has 0 heteroatoms. The molecule has 0 aromatic heterocycles. The van der Waals surface area contributed by atoms with Gasteiger partial charge in [-0.1, -0.05) is 63.3 Å². The van der Waals surface area contributed by atoms with E-state index in [1.807, 2.05) is 0 Å². The summed E-state index contributed by atoms with van der Waals surface area (Å²) in [6, 6.07) is 0. The van der Waals surface area contributed by atoms with Crippen LogP contribution in [0.2, 0.25) is 0 Å². The molecule has 0 unspecified atom stereocenters. The molecular weight excluding hydrogens is 156 g/mol. The molecule has 74 valence electrons. The van der Waals surface area contributed by atoms with Crippen LogP contribution in [-0.2, 0) is 0 Å². The van der Waals surface area contributed by atoms with Gasteiger partial charge >= 0.3 is 0 Å². The molecule has 2 aliphatic carbocycles. The average molecular weight is 178 g/mol. The molecule has 0 nitrogen and oxygen atoms in total. The standard InChI is InChI=1S/C7H14.C6H8/c1-7-5-3-2-4-6-7;1-2-4-6-5-3-1/h7H,2-6H2,1H3;1-2,5-6H,3-4H2. The highest BCUT2D eigenvalue weighted by Gasteiger charge is 2.05. The quantitative estimate of drug-likeness (QED) is 0.480. The van der Waals surface area contributed by atoms with Crippen LogP contribution in [0.1, 0.15) is 51.9 Å². The molecule has 0 amide bonds. The molecule has 2 aliphatic rings. The van der Waals surface area contributed by atoms with Crippen molar-refractivity contribution in [2.24, 2.45) is 5.92 Å². The first-order chi connectivity index (χ1) is 6.39. The van der Waals surface area contributed by atoms with Crippen molar-refractivity contribution in [2.45, 2.75) is 51.9 Å². The van der Waals surface area contributed by atoms with E-state index < -0.39 is 0 Å². The predicted octanol–water partition coefficient (Wildman–Crippen LogP) is 4.48. The van der Waals surface area contributed by atoms with Crippen LogP contribution in [-0.4, -0.2) is 0 Å². The van der Waals surface area contributed by atoms with E-state index in [9.17, 15) is 0 Å². The Kier molecular flexibility index (Phi) is 5.64. The summed E-state index contributed by atoms with van der Waals surface area (Å²) in [6.45, 7) is 2.36. The smallest absolute Gasteiger partial charge is 0.0169 e. The molecule has 0 saturated heterocycles. The highest BCUT2D eigenvalue weighted by molar-refractivity contribution is 5.02. The van der Waals surface area contributed by atoms with Crippen LogP contribution in [0.5, 0.6) is 0 Å². The third-order valence-corrected chi connectivity index (χ3v) is 2.77. The van der Waals surface area contributed by atoms with Gasteiger partial charge in [0.2, 0.25) is 0 Å². The lowest BCUT2D eigenvalue weighted by atomic mass is 9.91. The molecule has 0 spiro atoms. The SMILES string of the molecule is C1=CCC=CC1.CC1CCCCC1. The van der Waals surface area contributed by atoms with Crippen molar-refractivity contribution in [2.75, 3.05) is 0 Å². The zero-order chi connectivity index (χ0) is 9.36. The Morgan fingerprint density at radius 1 is 0.769 bits per heavy atom. The topological polar surface area (TPSA) is 0 Å². The van der Waals surface area contributed by atoms with Gasteiger partial charge in [0.05, 0.1) is 0 Å². The van der Waals surface area contributed by atoms with Crippen molar-refractivity contribution in [3.63, 3.8) is 0 Å². The van der Waals surface area contributed by atoms with Crippen molar-refractivity contribution < 1.29 is 0 Å². The van der Waals surface area contributed by atoms with Crippen molar-refractivity contribution in [1.29, 1.82) is 0 Å². The van der Waals surface area contributed by atoms with Crippen LogP contribution in [0, 0.1) is 5.92 Å². The molecule has 0 bridgehead atoms. The summed E-state index contributed by atoms with van der Waals surface area (Å²) in [6.07, 6.45) is 18.4. The molecular formula is C13H22. The van der Waals surface area contributed by atoms with Crippen molar-refractivity contribution in [3.05, 3.63) is 24.3 Å². The van der Waals surface area contributed by atoms with Gasteiger partial charge in [-0.2, -0.15) is 0 Å². The normalized spacial score (nSPS) is 22.2. The lowest BCUT2D eigenvalue weighted by Gasteiger charge is -2.15. The van der Waals surface area contributed by atoms with E-state index in [1.165, 1.54) is 32.1 Å². The summed E-state index contributed by atoms with van der Waals surface area (Å²) >= 11 is 0. The van der Waals surface area contributed by atoms with Gasteiger partial charge in [-0.25, -0.2) is 0 Å². The maximum absolute atomic E-state index is 2.36. The van der Waals surface area contributed by atoms with Gasteiger partial charge in [0, 0.05) is 0 Å². The van der Waals surface area contributed by atoms with Gasteiger partial charge in [-0.05, 0) is 18.8 Å². The van der Waals surface area contributed by atoms with E-state index in [4.69, 9.17) is 0 Å². The summed E-state index contributed by atoms with van der Waals surface area (Å²) in [7, 11) is 0. The predicted molar refractivity (Wildman–Crippen MR) is 59.8 cm³/mol. The van der Waals surface area contributed by atoms with Crippen LogP contribution >= 0.6 is 0 Å². The largest absolute Gasteiger partial charge is 0.0844 e. The minimum atomic E-state index is 1.04. The molecule has 1 fully saturated rings.